The van der Waals surface area contributed by atoms with E-state index in [1.165, 1.54) is 0 Å². The van der Waals surface area contributed by atoms with Crippen molar-refractivity contribution in [1.82, 2.24) is 0 Å². The molecule has 0 heterocycles. The molecule has 14 heavy (non-hydrogen) atoms. The van der Waals surface area contributed by atoms with Crippen LogP contribution in [0.15, 0.2) is 24.3 Å². The van der Waals surface area contributed by atoms with Crippen LogP contribution in [0.4, 0.5) is 4.79 Å². The van der Waals surface area contributed by atoms with E-state index in [2.05, 4.69) is 0 Å². The van der Waals surface area contributed by atoms with Crippen LogP contribution in [0.5, 0.6) is 0 Å². The van der Waals surface area contributed by atoms with Gasteiger partial charge < -0.3 is 10.5 Å². The van der Waals surface area contributed by atoms with Crippen molar-refractivity contribution in [2.45, 2.75) is 19.4 Å². The van der Waals surface area contributed by atoms with E-state index in [4.69, 9.17) is 22.1 Å². The summed E-state index contributed by atoms with van der Waals surface area (Å²) in [7, 11) is 0. The zero-order valence-electron chi connectivity index (χ0n) is 7.87. The molecule has 1 rings (SSSR count). The van der Waals surface area contributed by atoms with Gasteiger partial charge in [-0.25, -0.2) is 4.79 Å². The van der Waals surface area contributed by atoms with E-state index in [-0.39, 0.29) is 6.10 Å². The fraction of sp³-hybridized carbons (Fsp3) is 0.300. The number of carbonyl (C=O) groups excluding carboxylic acids is 1. The van der Waals surface area contributed by atoms with Crippen molar-refractivity contribution in [2.24, 2.45) is 5.73 Å². The second kappa shape index (κ2) is 4.86. The van der Waals surface area contributed by atoms with E-state index < -0.39 is 6.09 Å². The van der Waals surface area contributed by atoms with Crippen molar-refractivity contribution in [3.63, 3.8) is 0 Å². The van der Waals surface area contributed by atoms with E-state index in [1.54, 1.807) is 13.0 Å². The predicted octanol–water partition coefficient (Wildman–Crippen LogP) is 2.37. The minimum absolute atomic E-state index is 0.257. The SMILES string of the molecule is C[C@@H](Cc1ccccc1Cl)OC(N)=O. The lowest BCUT2D eigenvalue weighted by molar-refractivity contribution is 0.116. The normalized spacial score (nSPS) is 12.1. The minimum Gasteiger partial charge on any atom is -0.446 e. The Kier molecular flexibility index (Phi) is 3.77. The zero-order chi connectivity index (χ0) is 10.6. The highest BCUT2D eigenvalue weighted by atomic mass is 35.5. The molecule has 0 saturated heterocycles. The first-order valence-corrected chi connectivity index (χ1v) is 4.67. The van der Waals surface area contributed by atoms with Gasteiger partial charge in [0.2, 0.25) is 0 Å². The number of hydrogen-bond donors (Lipinski definition) is 1. The Bertz CT molecular complexity index is 328. The van der Waals surface area contributed by atoms with Crippen molar-refractivity contribution in [2.75, 3.05) is 0 Å². The van der Waals surface area contributed by atoms with Crippen molar-refractivity contribution >= 4 is 17.7 Å². The lowest BCUT2D eigenvalue weighted by Gasteiger charge is -2.11. The molecule has 1 amide bonds. The van der Waals surface area contributed by atoms with Crippen molar-refractivity contribution in [3.8, 4) is 0 Å². The van der Waals surface area contributed by atoms with Gasteiger partial charge in [0.1, 0.15) is 6.10 Å². The Labute approximate surface area is 87.8 Å². The average Bonchev–Trinajstić information content (AvgIpc) is 2.07. The number of nitrogens with two attached hydrogens (primary N) is 1. The highest BCUT2D eigenvalue weighted by Crippen LogP contribution is 2.17. The number of ether oxygens (including phenoxy) is 1. The quantitative estimate of drug-likeness (QED) is 0.838. The zero-order valence-corrected chi connectivity index (χ0v) is 8.62. The summed E-state index contributed by atoms with van der Waals surface area (Å²) in [5.41, 5.74) is 5.84. The molecular weight excluding hydrogens is 202 g/mol. The number of benzene rings is 1. The molecule has 1 aromatic rings. The van der Waals surface area contributed by atoms with Gasteiger partial charge in [-0.05, 0) is 18.6 Å². The molecule has 1 atom stereocenters. The van der Waals surface area contributed by atoms with Crippen molar-refractivity contribution < 1.29 is 9.53 Å². The molecule has 1 aromatic carbocycles. The van der Waals surface area contributed by atoms with Crippen LogP contribution in [0, 0.1) is 0 Å². The highest BCUT2D eigenvalue weighted by molar-refractivity contribution is 6.31. The molecule has 0 fully saturated rings. The predicted molar refractivity (Wildman–Crippen MR) is 55.3 cm³/mol. The van der Waals surface area contributed by atoms with Gasteiger partial charge >= 0.3 is 6.09 Å². The molecule has 0 bridgehead atoms. The van der Waals surface area contributed by atoms with Gasteiger partial charge in [0.25, 0.3) is 0 Å². The van der Waals surface area contributed by atoms with Gasteiger partial charge in [-0.3, -0.25) is 0 Å². The van der Waals surface area contributed by atoms with E-state index in [0.717, 1.165) is 5.56 Å². The molecule has 0 aliphatic rings. The van der Waals surface area contributed by atoms with Gasteiger partial charge in [0.05, 0.1) is 0 Å². The smallest absolute Gasteiger partial charge is 0.404 e. The Morgan fingerprint density at radius 3 is 2.79 bits per heavy atom. The molecule has 76 valence electrons. The summed E-state index contributed by atoms with van der Waals surface area (Å²) in [5, 5.41) is 0.674. The Morgan fingerprint density at radius 2 is 2.21 bits per heavy atom. The maximum absolute atomic E-state index is 10.5. The highest BCUT2D eigenvalue weighted by Gasteiger charge is 2.08. The van der Waals surface area contributed by atoms with Gasteiger partial charge in [-0.15, -0.1) is 0 Å². The first kappa shape index (κ1) is 10.9. The molecule has 0 spiro atoms. The van der Waals surface area contributed by atoms with Crippen molar-refractivity contribution in [3.05, 3.63) is 34.9 Å². The summed E-state index contributed by atoms with van der Waals surface area (Å²) in [5.74, 6) is 0. The molecule has 0 aromatic heterocycles. The molecule has 0 aliphatic carbocycles. The average molecular weight is 214 g/mol. The van der Waals surface area contributed by atoms with E-state index in [0.29, 0.717) is 11.4 Å². The number of amides is 1. The number of carbonyl (C=O) groups is 1. The fourth-order valence-corrected chi connectivity index (χ4v) is 1.43. The lowest BCUT2D eigenvalue weighted by atomic mass is 10.1. The number of hydrogen-bond acceptors (Lipinski definition) is 2. The first-order valence-electron chi connectivity index (χ1n) is 4.29. The molecule has 4 heteroatoms. The van der Waals surface area contributed by atoms with Crippen LogP contribution in [0.3, 0.4) is 0 Å². The number of primary amides is 1. The van der Waals surface area contributed by atoms with Crippen LogP contribution >= 0.6 is 11.6 Å². The Hall–Kier alpha value is -1.22. The summed E-state index contributed by atoms with van der Waals surface area (Å²) in [6.07, 6.45) is -0.445. The van der Waals surface area contributed by atoms with E-state index in [1.807, 2.05) is 18.2 Å². The van der Waals surface area contributed by atoms with E-state index >= 15 is 0 Å². The summed E-state index contributed by atoms with van der Waals surface area (Å²) in [6, 6.07) is 7.43. The summed E-state index contributed by atoms with van der Waals surface area (Å²) >= 11 is 5.93. The van der Waals surface area contributed by atoms with Crippen LogP contribution in [0.2, 0.25) is 5.02 Å². The molecule has 0 aliphatic heterocycles. The third-order valence-electron chi connectivity index (χ3n) is 1.78. The molecular formula is C10H12ClNO2. The Balaban J connectivity index is 2.60. The van der Waals surface area contributed by atoms with Crippen LogP contribution < -0.4 is 5.73 Å². The van der Waals surface area contributed by atoms with E-state index in [9.17, 15) is 4.79 Å². The number of rotatable bonds is 3. The maximum atomic E-state index is 10.5. The first-order chi connectivity index (χ1) is 6.59. The molecule has 0 radical (unpaired) electrons. The van der Waals surface area contributed by atoms with Crippen molar-refractivity contribution in [1.29, 1.82) is 0 Å². The maximum Gasteiger partial charge on any atom is 0.404 e. The molecule has 0 unspecified atom stereocenters. The number of halogens is 1. The van der Waals surface area contributed by atoms with Crippen LogP contribution in [-0.2, 0) is 11.2 Å². The lowest BCUT2D eigenvalue weighted by Crippen LogP contribution is -2.22. The summed E-state index contributed by atoms with van der Waals surface area (Å²) in [4.78, 5) is 10.5. The van der Waals surface area contributed by atoms with Gasteiger partial charge in [0.15, 0.2) is 0 Å². The minimum atomic E-state index is -0.760. The fourth-order valence-electron chi connectivity index (χ4n) is 1.21. The molecule has 3 nitrogen and oxygen atoms in total. The molecule has 2 N–H and O–H groups in total. The second-order valence-corrected chi connectivity index (χ2v) is 3.45. The van der Waals surface area contributed by atoms with Gasteiger partial charge in [0, 0.05) is 11.4 Å². The summed E-state index contributed by atoms with van der Waals surface area (Å²) < 4.78 is 4.79. The Morgan fingerprint density at radius 1 is 1.57 bits per heavy atom. The standard InChI is InChI=1S/C10H12ClNO2/c1-7(14-10(12)13)6-8-4-2-3-5-9(8)11/h2-5,7H,6H2,1H3,(H2,12,13)/t7-/m0/s1. The summed E-state index contributed by atoms with van der Waals surface area (Å²) in [6.45, 7) is 1.77. The van der Waals surface area contributed by atoms with Gasteiger partial charge in [-0.1, -0.05) is 29.8 Å². The van der Waals surface area contributed by atoms with Crippen LogP contribution in [-0.4, -0.2) is 12.2 Å². The third kappa shape index (κ3) is 3.26. The second-order valence-electron chi connectivity index (χ2n) is 3.04. The van der Waals surface area contributed by atoms with Crippen LogP contribution in [0.1, 0.15) is 12.5 Å². The monoisotopic (exact) mass is 213 g/mol. The van der Waals surface area contributed by atoms with Gasteiger partial charge in [-0.2, -0.15) is 0 Å². The largest absolute Gasteiger partial charge is 0.446 e. The third-order valence-corrected chi connectivity index (χ3v) is 2.15. The van der Waals surface area contributed by atoms with Crippen LogP contribution in [0.25, 0.3) is 0 Å². The topological polar surface area (TPSA) is 52.3 Å². The molecule has 0 saturated carbocycles.